The first-order chi connectivity index (χ1) is 11.5. The van der Waals surface area contributed by atoms with Crippen molar-refractivity contribution in [2.75, 3.05) is 7.05 Å². The highest BCUT2D eigenvalue weighted by atomic mass is 32.2. The molecule has 1 aliphatic heterocycles. The van der Waals surface area contributed by atoms with Gasteiger partial charge in [-0.3, -0.25) is 9.83 Å². The third-order valence-electron chi connectivity index (χ3n) is 2.96. The second-order valence-electron chi connectivity index (χ2n) is 5.61. The zero-order valence-corrected chi connectivity index (χ0v) is 15.6. The predicted molar refractivity (Wildman–Crippen MR) is 93.8 cm³/mol. The van der Waals surface area contributed by atoms with Gasteiger partial charge in [-0.05, 0) is 50.9 Å². The lowest BCUT2D eigenvalue weighted by Gasteiger charge is -2.14. The largest absolute Gasteiger partial charge is 0.446 e. The minimum absolute atomic E-state index is 0.260. The van der Waals surface area contributed by atoms with Gasteiger partial charge in [-0.25, -0.2) is 9.10 Å². The summed E-state index contributed by atoms with van der Waals surface area (Å²) in [5.41, 5.74) is -0.119. The molecule has 0 unspecified atom stereocenters. The van der Waals surface area contributed by atoms with E-state index in [0.717, 1.165) is 28.4 Å². The summed E-state index contributed by atoms with van der Waals surface area (Å²) < 4.78 is 39.2. The first-order valence-corrected chi connectivity index (χ1v) is 8.71. The standard InChI is InChI=1S/C15H16F3N3O2S2/c1-9-12(24-14(2,3)19-9)20-23-13(22)21(4)25-11-7-5-6-10(8-11)15(16,17)18/h5-8H,1-4H3. The molecule has 0 saturated carbocycles. The van der Waals surface area contributed by atoms with Crippen LogP contribution in [0.1, 0.15) is 26.3 Å². The van der Waals surface area contributed by atoms with Gasteiger partial charge in [0.05, 0.1) is 11.3 Å². The number of thioether (sulfide) groups is 1. The number of halogens is 3. The Morgan fingerprint density at radius 1 is 1.40 bits per heavy atom. The summed E-state index contributed by atoms with van der Waals surface area (Å²) in [6, 6.07) is 4.69. The van der Waals surface area contributed by atoms with Gasteiger partial charge in [0.1, 0.15) is 4.87 Å². The molecule has 25 heavy (non-hydrogen) atoms. The molecule has 0 saturated heterocycles. The van der Waals surface area contributed by atoms with E-state index in [4.69, 9.17) is 4.84 Å². The molecule has 1 aromatic carbocycles. The number of amides is 1. The minimum atomic E-state index is -4.44. The SMILES string of the molecule is CC1=NC(C)(C)SC1=NOC(=O)N(C)Sc1cccc(C(F)(F)F)c1. The van der Waals surface area contributed by atoms with Crippen LogP contribution in [-0.2, 0) is 11.0 Å². The number of benzene rings is 1. The summed E-state index contributed by atoms with van der Waals surface area (Å²) in [6.07, 6.45) is -5.24. The molecule has 0 spiro atoms. The van der Waals surface area contributed by atoms with Crippen molar-refractivity contribution in [3.63, 3.8) is 0 Å². The minimum Gasteiger partial charge on any atom is -0.296 e. The summed E-state index contributed by atoms with van der Waals surface area (Å²) in [5.74, 6) is 0. The maximum Gasteiger partial charge on any atom is 0.446 e. The molecule has 2 rings (SSSR count). The normalized spacial score (nSPS) is 18.2. The van der Waals surface area contributed by atoms with Crippen LogP contribution in [-0.4, -0.2) is 33.1 Å². The van der Waals surface area contributed by atoms with Crippen molar-refractivity contribution in [1.29, 1.82) is 0 Å². The van der Waals surface area contributed by atoms with Crippen molar-refractivity contribution in [2.45, 2.75) is 36.7 Å². The molecule has 0 bridgehead atoms. The van der Waals surface area contributed by atoms with Crippen LogP contribution >= 0.6 is 23.7 Å². The molecule has 10 heteroatoms. The smallest absolute Gasteiger partial charge is 0.296 e. The average molecular weight is 391 g/mol. The second kappa shape index (κ2) is 7.28. The molecule has 1 aromatic rings. The van der Waals surface area contributed by atoms with Crippen LogP contribution in [0.5, 0.6) is 0 Å². The molecule has 5 nitrogen and oxygen atoms in total. The van der Waals surface area contributed by atoms with Gasteiger partial charge in [-0.1, -0.05) is 23.0 Å². The van der Waals surface area contributed by atoms with E-state index in [1.165, 1.54) is 30.9 Å². The molecule has 0 aromatic heterocycles. The number of aliphatic imine (C=N–C) groups is 1. The summed E-state index contributed by atoms with van der Waals surface area (Å²) in [6.45, 7) is 5.57. The third-order valence-corrected chi connectivity index (χ3v) is 5.00. The number of nitrogens with zero attached hydrogens (tertiary/aromatic N) is 3. The number of alkyl halides is 3. The average Bonchev–Trinajstić information content (AvgIpc) is 2.76. The Morgan fingerprint density at radius 3 is 2.64 bits per heavy atom. The summed E-state index contributed by atoms with van der Waals surface area (Å²) in [4.78, 5) is 21.1. The first kappa shape index (κ1) is 19.6. The number of hydrogen-bond donors (Lipinski definition) is 0. The molecular formula is C15H16F3N3O2S2. The van der Waals surface area contributed by atoms with Crippen LogP contribution in [0.15, 0.2) is 39.3 Å². The number of hydrogen-bond acceptors (Lipinski definition) is 6. The molecule has 0 aliphatic carbocycles. The lowest BCUT2D eigenvalue weighted by molar-refractivity contribution is -0.137. The van der Waals surface area contributed by atoms with E-state index >= 15 is 0 Å². The molecular weight excluding hydrogens is 375 g/mol. The Morgan fingerprint density at radius 2 is 2.08 bits per heavy atom. The van der Waals surface area contributed by atoms with Crippen LogP contribution in [0.4, 0.5) is 18.0 Å². The van der Waals surface area contributed by atoms with E-state index in [2.05, 4.69) is 10.1 Å². The molecule has 1 amide bonds. The summed E-state index contributed by atoms with van der Waals surface area (Å²) in [5, 5.41) is 4.28. The van der Waals surface area contributed by atoms with E-state index in [0.29, 0.717) is 10.8 Å². The quantitative estimate of drug-likeness (QED) is 0.412. The van der Waals surface area contributed by atoms with Gasteiger partial charge in [0.15, 0.2) is 5.04 Å². The Balaban J connectivity index is 1.99. The number of rotatable bonds is 3. The first-order valence-electron chi connectivity index (χ1n) is 7.12. The van der Waals surface area contributed by atoms with Crippen molar-refractivity contribution in [1.82, 2.24) is 4.31 Å². The van der Waals surface area contributed by atoms with E-state index in [1.807, 2.05) is 13.8 Å². The zero-order chi connectivity index (χ0) is 18.8. The Hall–Kier alpha value is -1.68. The van der Waals surface area contributed by atoms with E-state index in [1.54, 1.807) is 6.92 Å². The van der Waals surface area contributed by atoms with Crippen LogP contribution in [0.2, 0.25) is 0 Å². The number of carbonyl (C=O) groups excluding carboxylic acids is 1. The molecule has 1 aliphatic rings. The number of oxime groups is 1. The van der Waals surface area contributed by atoms with Gasteiger partial charge in [0, 0.05) is 11.9 Å². The molecule has 1 heterocycles. The van der Waals surface area contributed by atoms with Crippen molar-refractivity contribution in [2.24, 2.45) is 10.1 Å². The highest BCUT2D eigenvalue weighted by Crippen LogP contribution is 2.34. The predicted octanol–water partition coefficient (Wildman–Crippen LogP) is 5.04. The fourth-order valence-electron chi connectivity index (χ4n) is 1.93. The second-order valence-corrected chi connectivity index (χ2v) is 8.41. The monoisotopic (exact) mass is 391 g/mol. The van der Waals surface area contributed by atoms with Gasteiger partial charge in [0.25, 0.3) is 0 Å². The molecule has 0 radical (unpaired) electrons. The van der Waals surface area contributed by atoms with Crippen molar-refractivity contribution in [3.8, 4) is 0 Å². The Bertz CT molecular complexity index is 733. The molecule has 136 valence electrons. The summed E-state index contributed by atoms with van der Waals surface area (Å²) in [7, 11) is 1.39. The fourth-order valence-corrected chi connectivity index (χ4v) is 3.60. The van der Waals surface area contributed by atoms with Crippen LogP contribution < -0.4 is 0 Å². The Kier molecular flexibility index (Phi) is 5.72. The van der Waals surface area contributed by atoms with Crippen LogP contribution in [0.25, 0.3) is 0 Å². The highest BCUT2D eigenvalue weighted by molar-refractivity contribution is 8.17. The van der Waals surface area contributed by atoms with Gasteiger partial charge in [-0.15, -0.1) is 0 Å². The number of carbonyl (C=O) groups is 1. The highest BCUT2D eigenvalue weighted by Gasteiger charge is 2.31. The van der Waals surface area contributed by atoms with Gasteiger partial charge in [0.2, 0.25) is 0 Å². The molecule has 0 fully saturated rings. The van der Waals surface area contributed by atoms with Gasteiger partial charge in [-0.2, -0.15) is 13.2 Å². The Labute approximate surface area is 151 Å². The van der Waals surface area contributed by atoms with Gasteiger partial charge >= 0.3 is 12.3 Å². The van der Waals surface area contributed by atoms with Crippen LogP contribution in [0, 0.1) is 0 Å². The summed E-state index contributed by atoms with van der Waals surface area (Å²) >= 11 is 2.17. The molecule has 0 atom stereocenters. The van der Waals surface area contributed by atoms with Crippen molar-refractivity contribution in [3.05, 3.63) is 29.8 Å². The van der Waals surface area contributed by atoms with E-state index < -0.39 is 17.8 Å². The fraction of sp³-hybridized carbons (Fsp3) is 0.400. The maximum absolute atomic E-state index is 12.7. The van der Waals surface area contributed by atoms with Crippen LogP contribution in [0.3, 0.4) is 0 Å². The van der Waals surface area contributed by atoms with E-state index in [9.17, 15) is 18.0 Å². The zero-order valence-electron chi connectivity index (χ0n) is 13.9. The third kappa shape index (κ3) is 5.40. The van der Waals surface area contributed by atoms with Crippen molar-refractivity contribution < 1.29 is 22.8 Å². The lowest BCUT2D eigenvalue weighted by atomic mass is 10.2. The lowest BCUT2D eigenvalue weighted by Crippen LogP contribution is -2.19. The topological polar surface area (TPSA) is 54.3 Å². The molecule has 0 N–H and O–H groups in total. The van der Waals surface area contributed by atoms with Crippen molar-refractivity contribution >= 4 is 40.6 Å². The van der Waals surface area contributed by atoms with Gasteiger partial charge < -0.3 is 0 Å². The van der Waals surface area contributed by atoms with E-state index in [-0.39, 0.29) is 9.77 Å². The maximum atomic E-state index is 12.7.